The number of nitrogens with one attached hydrogen (secondary N) is 1. The highest BCUT2D eigenvalue weighted by molar-refractivity contribution is 5.48. The average molecular weight is 339 g/mol. The fourth-order valence-corrected chi connectivity index (χ4v) is 3.56. The van der Waals surface area contributed by atoms with E-state index in [2.05, 4.69) is 31.3 Å². The van der Waals surface area contributed by atoms with Gasteiger partial charge in [0.05, 0.1) is 18.3 Å². The highest BCUT2D eigenvalue weighted by atomic mass is 16.7. The fraction of sp³-hybridized carbons (Fsp3) is 0.429. The maximum Gasteiger partial charge on any atom is 0.226 e. The number of fused-ring (bicyclic) bond motifs is 4. The van der Waals surface area contributed by atoms with E-state index in [-0.39, 0.29) is 6.10 Å². The molecule has 4 rings (SSSR count). The third-order valence-corrected chi connectivity index (χ3v) is 4.73. The van der Waals surface area contributed by atoms with Crippen molar-refractivity contribution in [3.8, 4) is 5.75 Å². The molecule has 1 saturated heterocycles. The number of benzene rings is 2. The van der Waals surface area contributed by atoms with Crippen LogP contribution in [0.15, 0.2) is 48.5 Å². The van der Waals surface area contributed by atoms with Gasteiger partial charge in [0.25, 0.3) is 0 Å². The molecule has 2 aromatic carbocycles. The summed E-state index contributed by atoms with van der Waals surface area (Å²) in [5, 5.41) is 3.48. The Morgan fingerprint density at radius 3 is 2.68 bits per heavy atom. The largest absolute Gasteiger partial charge is 0.488 e. The van der Waals surface area contributed by atoms with Crippen molar-refractivity contribution in [1.82, 2.24) is 5.32 Å². The minimum absolute atomic E-state index is 0.0120. The number of rotatable bonds is 4. The first-order valence-electron chi connectivity index (χ1n) is 9.02. The Kier molecular flexibility index (Phi) is 4.50. The van der Waals surface area contributed by atoms with Crippen molar-refractivity contribution in [3.63, 3.8) is 0 Å². The van der Waals surface area contributed by atoms with E-state index in [1.165, 1.54) is 0 Å². The van der Waals surface area contributed by atoms with Gasteiger partial charge in [-0.1, -0.05) is 50.2 Å². The molecule has 2 aromatic rings. The van der Waals surface area contributed by atoms with Crippen LogP contribution in [-0.4, -0.2) is 25.8 Å². The van der Waals surface area contributed by atoms with Crippen molar-refractivity contribution >= 4 is 0 Å². The standard InChI is InChI=1S/C21H25NO3/c1-15(2)11-22-12-17-14-24-21(25-17)18-8-4-3-7-16(18)13-23-20-10-6-5-9-19(20)21/h3-10,15,17,22H,11-14H2,1-2H3. The van der Waals surface area contributed by atoms with Gasteiger partial charge >= 0.3 is 0 Å². The normalized spacial score (nSPS) is 24.7. The molecular weight excluding hydrogens is 314 g/mol. The SMILES string of the molecule is CC(C)CNCC1COC2(O1)c1ccccc1COc1ccccc12. The van der Waals surface area contributed by atoms with Crippen LogP contribution in [0.5, 0.6) is 5.75 Å². The molecule has 2 heterocycles. The molecule has 2 unspecified atom stereocenters. The summed E-state index contributed by atoms with van der Waals surface area (Å²) in [7, 11) is 0. The Labute approximate surface area is 149 Å². The van der Waals surface area contributed by atoms with Crippen molar-refractivity contribution in [2.75, 3.05) is 19.7 Å². The summed E-state index contributed by atoms with van der Waals surface area (Å²) >= 11 is 0. The van der Waals surface area contributed by atoms with Gasteiger partial charge < -0.3 is 19.5 Å². The molecule has 0 saturated carbocycles. The van der Waals surface area contributed by atoms with E-state index in [0.717, 1.165) is 35.5 Å². The van der Waals surface area contributed by atoms with E-state index in [0.29, 0.717) is 19.1 Å². The molecule has 1 spiro atoms. The molecule has 4 heteroatoms. The Hall–Kier alpha value is -1.88. The lowest BCUT2D eigenvalue weighted by atomic mass is 9.93. The van der Waals surface area contributed by atoms with E-state index in [1.807, 2.05) is 36.4 Å². The van der Waals surface area contributed by atoms with Crippen molar-refractivity contribution in [3.05, 3.63) is 65.2 Å². The van der Waals surface area contributed by atoms with Gasteiger partial charge in [0.1, 0.15) is 12.4 Å². The molecule has 1 fully saturated rings. The highest BCUT2D eigenvalue weighted by Crippen LogP contribution is 2.47. The molecule has 132 valence electrons. The van der Waals surface area contributed by atoms with Gasteiger partial charge in [0.15, 0.2) is 0 Å². The quantitative estimate of drug-likeness (QED) is 0.926. The van der Waals surface area contributed by atoms with Gasteiger partial charge in [-0.15, -0.1) is 0 Å². The molecule has 0 aromatic heterocycles. The zero-order valence-electron chi connectivity index (χ0n) is 14.8. The first-order chi connectivity index (χ1) is 12.2. The third-order valence-electron chi connectivity index (χ3n) is 4.73. The van der Waals surface area contributed by atoms with Crippen LogP contribution in [0.3, 0.4) is 0 Å². The van der Waals surface area contributed by atoms with Crippen LogP contribution in [0, 0.1) is 5.92 Å². The van der Waals surface area contributed by atoms with E-state index in [9.17, 15) is 0 Å². The lowest BCUT2D eigenvalue weighted by Gasteiger charge is -2.29. The second kappa shape index (κ2) is 6.79. The highest BCUT2D eigenvalue weighted by Gasteiger charge is 2.48. The predicted molar refractivity (Wildman–Crippen MR) is 96.5 cm³/mol. The van der Waals surface area contributed by atoms with Crippen LogP contribution in [0.25, 0.3) is 0 Å². The summed E-state index contributed by atoms with van der Waals surface area (Å²) in [4.78, 5) is 0. The van der Waals surface area contributed by atoms with Crippen molar-refractivity contribution in [2.45, 2.75) is 32.3 Å². The lowest BCUT2D eigenvalue weighted by molar-refractivity contribution is -0.142. The molecular formula is C21H25NO3. The molecule has 25 heavy (non-hydrogen) atoms. The Bertz CT molecular complexity index is 696. The first-order valence-corrected chi connectivity index (χ1v) is 9.02. The van der Waals surface area contributed by atoms with Crippen LogP contribution < -0.4 is 10.1 Å². The van der Waals surface area contributed by atoms with Gasteiger partial charge in [0.2, 0.25) is 5.79 Å². The van der Waals surface area contributed by atoms with Crippen LogP contribution in [0.2, 0.25) is 0 Å². The maximum absolute atomic E-state index is 6.54. The van der Waals surface area contributed by atoms with E-state index in [4.69, 9.17) is 14.2 Å². The topological polar surface area (TPSA) is 39.7 Å². The van der Waals surface area contributed by atoms with Gasteiger partial charge in [-0.05, 0) is 30.2 Å². The fourth-order valence-electron chi connectivity index (χ4n) is 3.56. The van der Waals surface area contributed by atoms with Crippen LogP contribution in [0.1, 0.15) is 30.5 Å². The van der Waals surface area contributed by atoms with Crippen LogP contribution in [0.4, 0.5) is 0 Å². The Morgan fingerprint density at radius 1 is 1.08 bits per heavy atom. The van der Waals surface area contributed by atoms with Gasteiger partial charge in [-0.2, -0.15) is 0 Å². The van der Waals surface area contributed by atoms with E-state index < -0.39 is 5.79 Å². The smallest absolute Gasteiger partial charge is 0.226 e. The van der Waals surface area contributed by atoms with Crippen molar-refractivity contribution in [1.29, 1.82) is 0 Å². The number of ether oxygens (including phenoxy) is 3. The molecule has 0 bridgehead atoms. The summed E-state index contributed by atoms with van der Waals surface area (Å²) in [6.07, 6.45) is 0.0120. The van der Waals surface area contributed by atoms with Crippen LogP contribution >= 0.6 is 0 Å². The third kappa shape index (κ3) is 3.06. The summed E-state index contributed by atoms with van der Waals surface area (Å²) < 4.78 is 18.9. The lowest BCUT2D eigenvalue weighted by Crippen LogP contribution is -2.34. The van der Waals surface area contributed by atoms with Crippen LogP contribution in [-0.2, 0) is 21.9 Å². The molecule has 4 nitrogen and oxygen atoms in total. The summed E-state index contributed by atoms with van der Waals surface area (Å²) in [5.74, 6) is 0.562. The average Bonchev–Trinajstić information content (AvgIpc) is 2.99. The summed E-state index contributed by atoms with van der Waals surface area (Å²) in [5.41, 5.74) is 3.10. The summed E-state index contributed by atoms with van der Waals surface area (Å²) in [6.45, 7) is 7.26. The summed E-state index contributed by atoms with van der Waals surface area (Å²) in [6, 6.07) is 16.3. The monoisotopic (exact) mass is 339 g/mol. The molecule has 0 radical (unpaired) electrons. The second-order valence-electron chi connectivity index (χ2n) is 7.16. The maximum atomic E-state index is 6.54. The number of hydrogen-bond acceptors (Lipinski definition) is 4. The van der Waals surface area contributed by atoms with Gasteiger partial charge in [0, 0.05) is 12.1 Å². The van der Waals surface area contributed by atoms with Crippen molar-refractivity contribution < 1.29 is 14.2 Å². The van der Waals surface area contributed by atoms with Gasteiger partial charge in [-0.25, -0.2) is 0 Å². The first kappa shape index (κ1) is 16.6. The van der Waals surface area contributed by atoms with Crippen molar-refractivity contribution in [2.24, 2.45) is 5.92 Å². The minimum atomic E-state index is -0.881. The minimum Gasteiger partial charge on any atom is -0.488 e. The Morgan fingerprint density at radius 2 is 1.84 bits per heavy atom. The number of hydrogen-bond donors (Lipinski definition) is 1. The molecule has 0 amide bonds. The molecule has 1 N–H and O–H groups in total. The Balaban J connectivity index is 1.68. The second-order valence-corrected chi connectivity index (χ2v) is 7.16. The van der Waals surface area contributed by atoms with E-state index >= 15 is 0 Å². The molecule has 0 aliphatic carbocycles. The zero-order valence-corrected chi connectivity index (χ0v) is 14.8. The molecule has 2 aliphatic rings. The zero-order chi connectivity index (χ0) is 17.3. The number of para-hydroxylation sites is 1. The predicted octanol–water partition coefficient (Wildman–Crippen LogP) is 3.44. The van der Waals surface area contributed by atoms with Gasteiger partial charge in [-0.3, -0.25) is 0 Å². The molecule has 2 aliphatic heterocycles. The van der Waals surface area contributed by atoms with E-state index in [1.54, 1.807) is 0 Å². The molecule has 2 atom stereocenters.